The Morgan fingerprint density at radius 2 is 0.608 bits per heavy atom. The molecule has 9 rings (SSSR count). The standard InChI is InChI=1S/C32H41N3O7.C27H33N3O5.C19H15NO3.C13H28N2O5.C2HF3O.C2H6.CH3F/c1-32(2,3)42-31(38)34-17-19-40-21-23-41-22-20-39-18-16-33-29(36)14-15-30(37)35-24-27-10-5-4-8-25(27)12-13-26-9-6-7-11-28(26)35;28-13-15-33-17-19-35-20-18-34-16-14-29-26(31)11-12-27(32)30-21-24-7-2-1-5-22(24)9-10-23-6-3-4-8-25(23)30;21-18(11-12-19(22)23)20-13-16-7-2-1-5-14(16)9-10-15-6-3-4-8-17(15)20;1-13(2,3)20-12(16)15-5-7-18-9-11-19-10-8-17-6-4-14;3-2(4,5)1-6;2*1-2/h4-11H,14-24H2,1-3H3,(H,33,36)(H,34,38);1-8H,11-21,28H2,(H,29,31);1-8H,11-13H2,(H,22,23);4-11,14H2,1-3H3,(H,15,16);1H;1-2H3;1H3/i;;;;;2*1D. The topological polar surface area (TPSA) is 385 Å². The van der Waals surface area contributed by atoms with E-state index in [1.54, 1.807) is 42.4 Å². The molecule has 3 heterocycles. The maximum absolute atomic E-state index is 13.2. The fraction of sp³-hybridized carbons (Fsp3) is 0.469. The van der Waals surface area contributed by atoms with E-state index >= 15 is 0 Å². The van der Waals surface area contributed by atoms with Crippen molar-refractivity contribution in [2.45, 2.75) is 131 Å². The van der Waals surface area contributed by atoms with E-state index in [0.29, 0.717) is 185 Å². The molecular weight excluding hydrogens is 1690 g/mol. The molecule has 7 amide bonds. The summed E-state index contributed by atoms with van der Waals surface area (Å²) in [6.45, 7) is 25.0. The number of carboxylic acid groups (broad SMARTS) is 1. The number of nitrogens with zero attached hydrogens (tertiary/aromatic N) is 3. The normalized spacial score (nSPS) is 11.8. The minimum atomic E-state index is -4.64. The van der Waals surface area contributed by atoms with Crippen LogP contribution in [0.15, 0.2) is 146 Å². The van der Waals surface area contributed by atoms with Crippen LogP contribution in [0, 0.1) is 35.5 Å². The summed E-state index contributed by atoms with van der Waals surface area (Å²) in [7, 11) is -1.00. The van der Waals surface area contributed by atoms with Gasteiger partial charge in [-0.3, -0.25) is 38.0 Å². The van der Waals surface area contributed by atoms with E-state index in [4.69, 9.17) is 76.2 Å². The zero-order chi connectivity index (χ0) is 97.1. The Kier molecular flexibility index (Phi) is 55.8. The Hall–Kier alpha value is -11.7. The zero-order valence-corrected chi connectivity index (χ0v) is 75.3. The number of alkyl halides is 4. The van der Waals surface area contributed by atoms with E-state index in [2.05, 4.69) is 56.8 Å². The number of halogens is 4. The third-order valence-corrected chi connectivity index (χ3v) is 17.1. The van der Waals surface area contributed by atoms with Crippen molar-refractivity contribution in [1.29, 1.82) is 0 Å². The lowest BCUT2D eigenvalue weighted by Crippen LogP contribution is -2.34. The third kappa shape index (κ3) is 50.3. The van der Waals surface area contributed by atoms with Crippen molar-refractivity contribution in [3.63, 3.8) is 0 Å². The molecule has 0 saturated heterocycles. The second-order valence-electron chi connectivity index (χ2n) is 29.4. The Labute approximate surface area is 763 Å². The first-order chi connectivity index (χ1) is 63.4. The molecule has 3 aliphatic heterocycles. The molecule has 0 aromatic heterocycles. The van der Waals surface area contributed by atoms with Gasteiger partial charge in [0.2, 0.25) is 35.8 Å². The van der Waals surface area contributed by atoms with E-state index in [1.165, 1.54) is 0 Å². The van der Waals surface area contributed by atoms with Crippen molar-refractivity contribution in [2.24, 2.45) is 11.5 Å². The summed E-state index contributed by atoms with van der Waals surface area (Å²) >= 11 is 0. The number of benzene rings is 6. The van der Waals surface area contributed by atoms with Crippen LogP contribution in [-0.2, 0) is 105 Å². The van der Waals surface area contributed by atoms with Gasteiger partial charge in [0.05, 0.1) is 171 Å². The fourth-order valence-corrected chi connectivity index (χ4v) is 11.3. The number of ether oxygens (including phenoxy) is 11. The summed E-state index contributed by atoms with van der Waals surface area (Å²) < 4.78 is 111. The van der Waals surface area contributed by atoms with Gasteiger partial charge in [-0.1, -0.05) is 140 Å². The molecule has 0 unspecified atom stereocenters. The molecule has 9 N–H and O–H groups in total. The number of amides is 7. The Morgan fingerprint density at radius 3 is 0.862 bits per heavy atom. The van der Waals surface area contributed by atoms with Gasteiger partial charge >= 0.3 is 24.3 Å². The highest BCUT2D eigenvalue weighted by molar-refractivity contribution is 5.99. The largest absolute Gasteiger partial charge is 0.481 e. The molecule has 30 nitrogen and oxygen atoms in total. The number of carbonyl (C=O) groups excluding carboxylic acids is 8. The lowest BCUT2D eigenvalue weighted by Gasteiger charge is -2.26. The molecule has 0 atom stereocenters. The molecule has 0 bridgehead atoms. The predicted molar refractivity (Wildman–Crippen MR) is 486 cm³/mol. The van der Waals surface area contributed by atoms with Crippen molar-refractivity contribution < 1.29 is 121 Å². The van der Waals surface area contributed by atoms with Gasteiger partial charge in [-0.2, -0.15) is 13.2 Å². The first-order valence-corrected chi connectivity index (χ1v) is 42.4. The van der Waals surface area contributed by atoms with Crippen molar-refractivity contribution in [1.82, 2.24) is 21.3 Å². The van der Waals surface area contributed by atoms with Crippen molar-refractivity contribution in [3.05, 3.63) is 196 Å². The Bertz CT molecular complexity index is 4620. The van der Waals surface area contributed by atoms with E-state index in [1.807, 2.05) is 166 Å². The first kappa shape index (κ1) is 109. The number of fused-ring (bicyclic) bond motifs is 6. The van der Waals surface area contributed by atoms with Gasteiger partial charge in [-0.05, 0) is 113 Å². The van der Waals surface area contributed by atoms with Crippen LogP contribution in [0.25, 0.3) is 0 Å². The van der Waals surface area contributed by atoms with Crippen LogP contribution in [0.3, 0.4) is 0 Å². The van der Waals surface area contributed by atoms with Crippen LogP contribution in [0.5, 0.6) is 0 Å². The van der Waals surface area contributed by atoms with E-state index in [0.717, 1.165) is 67.1 Å². The number of para-hydroxylation sites is 3. The minimum absolute atomic E-state index is 0.0285. The highest BCUT2D eigenvalue weighted by Gasteiger charge is 2.27. The van der Waals surface area contributed by atoms with E-state index in [9.17, 15) is 55.9 Å². The van der Waals surface area contributed by atoms with Gasteiger partial charge in [-0.25, -0.2) is 9.59 Å². The van der Waals surface area contributed by atoms with Gasteiger partial charge in [0.25, 0.3) is 0 Å². The van der Waals surface area contributed by atoms with Gasteiger partial charge < -0.3 is 105 Å². The molecule has 0 spiro atoms. The summed E-state index contributed by atoms with van der Waals surface area (Å²) in [5, 5.41) is 19.6. The summed E-state index contributed by atoms with van der Waals surface area (Å²) in [6.07, 6.45) is -6.43. The number of hydrogen-bond acceptors (Lipinski definition) is 22. The van der Waals surface area contributed by atoms with Crippen molar-refractivity contribution in [2.75, 3.05) is 180 Å². The summed E-state index contributed by atoms with van der Waals surface area (Å²) in [5.74, 6) is 17.2. The number of alkyl carbamates (subject to hydrolysis) is 2. The number of carboxylic acids is 1. The van der Waals surface area contributed by atoms with Crippen LogP contribution in [0.1, 0.15) is 147 Å². The van der Waals surface area contributed by atoms with E-state index < -0.39 is 49.0 Å². The molecule has 0 fully saturated rings. The molecule has 6 aromatic rings. The highest BCUT2D eigenvalue weighted by atomic mass is 19.4. The molecular formula is C96H127F4N9O21. The highest BCUT2D eigenvalue weighted by Crippen LogP contribution is 2.30. The van der Waals surface area contributed by atoms with Gasteiger partial charge in [-0.15, -0.1) is 0 Å². The quantitative estimate of drug-likeness (QED) is 0.00809. The number of anilines is 3. The summed E-state index contributed by atoms with van der Waals surface area (Å²) in [5.41, 5.74) is 19.8. The summed E-state index contributed by atoms with van der Waals surface area (Å²) in [4.78, 5) is 111. The second kappa shape index (κ2) is 66.6. The lowest BCUT2D eigenvalue weighted by atomic mass is 10.0. The monoisotopic (exact) mass is 1820 g/mol. The predicted octanol–water partition coefficient (Wildman–Crippen LogP) is 10.9. The van der Waals surface area contributed by atoms with Crippen LogP contribution >= 0.6 is 0 Å². The zero-order valence-electron chi connectivity index (χ0n) is 77.3. The molecule has 0 radical (unpaired) electrons. The van der Waals surface area contributed by atoms with Gasteiger partial charge in [0, 0.05) is 106 Å². The third-order valence-electron chi connectivity index (χ3n) is 17.1. The SMILES string of the molecule is CC(C)(C)OC(=O)NCCOCCOCCOCCN.CC(C)(C)OC(=O)NCCOCCOCCOCCNC(=O)CCC(=O)N1Cc2ccccc2C#Cc2ccccc21.NCCOCCOCCOCCNC(=O)CCC(=O)N1Cc2ccccc2C#Cc2ccccc21.O=C(O)CCC(=O)N1Cc2ccccc2C#Cc2ccccc21.O=CC(F)(F)F.[2H]CC.[2H]CF. The maximum atomic E-state index is 13.2. The number of aliphatic carboxylic acids is 1. The number of rotatable bonds is 43. The average Bonchev–Trinajstić information content (AvgIpc) is 0.814. The Balaban J connectivity index is 0.000000449. The molecule has 130 heavy (non-hydrogen) atoms. The number of nitrogens with one attached hydrogen (secondary N) is 4. The smallest absolute Gasteiger partial charge is 0.446 e. The number of carbonyl (C=O) groups is 9. The van der Waals surface area contributed by atoms with Gasteiger partial charge in [0.15, 0.2) is 0 Å². The van der Waals surface area contributed by atoms with Crippen molar-refractivity contribution in [3.8, 4) is 35.5 Å². The second-order valence-corrected chi connectivity index (χ2v) is 29.4. The number of aldehydes is 1. The molecule has 0 aliphatic carbocycles. The van der Waals surface area contributed by atoms with E-state index in [-0.39, 0.29) is 68.1 Å². The summed E-state index contributed by atoms with van der Waals surface area (Å²) in [6, 6.07) is 45.9. The van der Waals surface area contributed by atoms with Gasteiger partial charge in [0.1, 0.15) is 11.2 Å². The van der Waals surface area contributed by atoms with Crippen molar-refractivity contribution >= 4 is 71.0 Å². The first-order valence-electron chi connectivity index (χ1n) is 43.8. The molecule has 710 valence electrons. The Morgan fingerprint density at radius 1 is 0.385 bits per heavy atom. The molecule has 0 saturated carbocycles. The van der Waals surface area contributed by atoms with Crippen LogP contribution in [0.4, 0.5) is 44.2 Å². The number of nitrogens with two attached hydrogens (primary N) is 2. The maximum Gasteiger partial charge on any atom is 0.446 e. The molecule has 6 aromatic carbocycles. The minimum Gasteiger partial charge on any atom is -0.481 e. The number of hydrogen-bond donors (Lipinski definition) is 7. The lowest BCUT2D eigenvalue weighted by molar-refractivity contribution is -0.156. The van der Waals surface area contributed by atoms with Crippen LogP contribution in [-0.4, -0.2) is 242 Å². The fourth-order valence-electron chi connectivity index (χ4n) is 11.3. The van der Waals surface area contributed by atoms with Crippen LogP contribution < -0.4 is 47.4 Å². The van der Waals surface area contributed by atoms with Crippen LogP contribution in [0.2, 0.25) is 0 Å². The molecule has 34 heteroatoms. The average molecular weight is 1820 g/mol. The molecule has 3 aliphatic rings.